The SMILES string of the molecule is Cn1c(=O)n(-c2ccc(OCc3ccccc3)nc2OCc2ccccc2)c2ccc(N3CCC(C=O)CC3)cc21. The number of benzene rings is 3. The molecule has 5 aromatic rings. The Hall–Kier alpha value is -4.85. The molecule has 208 valence electrons. The van der Waals surface area contributed by atoms with Crippen LogP contribution < -0.4 is 20.1 Å². The van der Waals surface area contributed by atoms with E-state index in [1.54, 1.807) is 22.2 Å². The molecule has 0 bridgehead atoms. The highest BCUT2D eigenvalue weighted by Gasteiger charge is 2.22. The molecule has 8 heteroatoms. The first-order valence-electron chi connectivity index (χ1n) is 13.9. The number of carbonyl (C=O) groups is 1. The van der Waals surface area contributed by atoms with Crippen LogP contribution in [0.1, 0.15) is 24.0 Å². The molecule has 0 amide bonds. The average Bonchev–Trinajstić information content (AvgIpc) is 3.28. The smallest absolute Gasteiger partial charge is 0.333 e. The van der Waals surface area contributed by atoms with E-state index in [2.05, 4.69) is 4.90 Å². The summed E-state index contributed by atoms with van der Waals surface area (Å²) >= 11 is 0. The lowest BCUT2D eigenvalue weighted by atomic mass is 9.98. The Balaban J connectivity index is 1.35. The van der Waals surface area contributed by atoms with Crippen molar-refractivity contribution in [2.24, 2.45) is 13.0 Å². The number of imidazole rings is 1. The summed E-state index contributed by atoms with van der Waals surface area (Å²) in [6.45, 7) is 2.29. The standard InChI is InChI=1S/C33H32N4O4/c1-35-30-20-27(36-18-16-24(21-38)17-19-36)12-13-28(30)37(33(35)39)29-14-15-31(40-22-25-8-4-2-5-9-25)34-32(29)41-23-26-10-6-3-7-11-26/h2-15,20-21,24H,16-19,22-23H2,1H3. The summed E-state index contributed by atoms with van der Waals surface area (Å²) in [6.07, 6.45) is 2.75. The summed E-state index contributed by atoms with van der Waals surface area (Å²) < 4.78 is 15.5. The fourth-order valence-electron chi connectivity index (χ4n) is 5.28. The van der Waals surface area contributed by atoms with Crippen molar-refractivity contribution in [1.29, 1.82) is 0 Å². The van der Waals surface area contributed by atoms with Crippen molar-refractivity contribution in [2.45, 2.75) is 26.1 Å². The van der Waals surface area contributed by atoms with Gasteiger partial charge in [-0.25, -0.2) is 4.79 Å². The molecule has 1 fully saturated rings. The van der Waals surface area contributed by atoms with Gasteiger partial charge in [0.15, 0.2) is 0 Å². The molecule has 1 aliphatic rings. The highest BCUT2D eigenvalue weighted by Crippen LogP contribution is 2.30. The number of anilines is 1. The second kappa shape index (κ2) is 11.7. The highest BCUT2D eigenvalue weighted by molar-refractivity contribution is 5.82. The second-order valence-corrected chi connectivity index (χ2v) is 10.3. The van der Waals surface area contributed by atoms with Gasteiger partial charge in [0.05, 0.1) is 11.0 Å². The molecule has 0 unspecified atom stereocenters. The Kier molecular flexibility index (Phi) is 7.54. The third kappa shape index (κ3) is 5.59. The summed E-state index contributed by atoms with van der Waals surface area (Å²) in [6, 6.07) is 29.4. The van der Waals surface area contributed by atoms with Gasteiger partial charge in [-0.15, -0.1) is 0 Å². The van der Waals surface area contributed by atoms with Gasteiger partial charge in [-0.05, 0) is 48.2 Å². The molecular formula is C33H32N4O4. The molecule has 3 aromatic carbocycles. The number of hydrogen-bond acceptors (Lipinski definition) is 6. The van der Waals surface area contributed by atoms with Gasteiger partial charge in [0.25, 0.3) is 0 Å². The molecule has 0 spiro atoms. The third-order valence-electron chi connectivity index (χ3n) is 7.64. The van der Waals surface area contributed by atoms with Crippen LogP contribution in [-0.2, 0) is 25.1 Å². The minimum absolute atomic E-state index is 0.127. The van der Waals surface area contributed by atoms with E-state index in [1.807, 2.05) is 84.9 Å². The summed E-state index contributed by atoms with van der Waals surface area (Å²) in [5.74, 6) is 0.853. The average molecular weight is 549 g/mol. The van der Waals surface area contributed by atoms with Crippen LogP contribution in [0.4, 0.5) is 5.69 Å². The molecule has 0 radical (unpaired) electrons. The van der Waals surface area contributed by atoms with Crippen molar-refractivity contribution < 1.29 is 14.3 Å². The predicted molar refractivity (Wildman–Crippen MR) is 159 cm³/mol. The normalized spacial score (nSPS) is 13.8. The van der Waals surface area contributed by atoms with Gasteiger partial charge in [0, 0.05) is 37.8 Å². The van der Waals surface area contributed by atoms with Crippen LogP contribution in [0.25, 0.3) is 16.7 Å². The van der Waals surface area contributed by atoms with E-state index in [4.69, 9.17) is 14.5 Å². The van der Waals surface area contributed by atoms with Gasteiger partial charge >= 0.3 is 5.69 Å². The summed E-state index contributed by atoms with van der Waals surface area (Å²) in [7, 11) is 1.78. The molecule has 8 nitrogen and oxygen atoms in total. The van der Waals surface area contributed by atoms with Crippen LogP contribution >= 0.6 is 0 Å². The quantitative estimate of drug-likeness (QED) is 0.233. The third-order valence-corrected chi connectivity index (χ3v) is 7.64. The lowest BCUT2D eigenvalue weighted by molar-refractivity contribution is -0.111. The molecule has 1 saturated heterocycles. The number of rotatable bonds is 9. The van der Waals surface area contributed by atoms with Gasteiger partial charge in [0.2, 0.25) is 11.8 Å². The number of piperidine rings is 1. The number of nitrogens with zero attached hydrogens (tertiary/aromatic N) is 4. The lowest BCUT2D eigenvalue weighted by Crippen LogP contribution is -2.34. The minimum Gasteiger partial charge on any atom is -0.473 e. The molecular weight excluding hydrogens is 516 g/mol. The minimum atomic E-state index is -0.193. The first-order chi connectivity index (χ1) is 20.1. The molecule has 0 saturated carbocycles. The van der Waals surface area contributed by atoms with Crippen molar-refractivity contribution in [3.8, 4) is 17.4 Å². The Morgan fingerprint density at radius 1 is 0.829 bits per heavy atom. The van der Waals surface area contributed by atoms with Gasteiger partial charge in [0.1, 0.15) is 25.2 Å². The molecule has 6 rings (SSSR count). The Bertz CT molecular complexity index is 1700. The molecule has 0 N–H and O–H groups in total. The van der Waals surface area contributed by atoms with Crippen LogP contribution in [-0.4, -0.2) is 33.5 Å². The molecule has 41 heavy (non-hydrogen) atoms. The van der Waals surface area contributed by atoms with Crippen LogP contribution in [0.15, 0.2) is 95.8 Å². The molecule has 0 atom stereocenters. The van der Waals surface area contributed by atoms with Gasteiger partial charge in [-0.1, -0.05) is 60.7 Å². The maximum absolute atomic E-state index is 13.6. The topological polar surface area (TPSA) is 78.6 Å². The second-order valence-electron chi connectivity index (χ2n) is 10.3. The van der Waals surface area contributed by atoms with Crippen LogP contribution in [0.2, 0.25) is 0 Å². The number of aromatic nitrogens is 3. The Morgan fingerprint density at radius 2 is 1.49 bits per heavy atom. The number of pyridine rings is 1. The van der Waals surface area contributed by atoms with Crippen LogP contribution in [0.3, 0.4) is 0 Å². The van der Waals surface area contributed by atoms with E-state index < -0.39 is 0 Å². The van der Waals surface area contributed by atoms with Crippen LogP contribution in [0, 0.1) is 5.92 Å². The zero-order chi connectivity index (χ0) is 28.2. The number of aryl methyl sites for hydroxylation is 1. The summed E-state index contributed by atoms with van der Waals surface area (Å²) in [4.78, 5) is 31.8. The van der Waals surface area contributed by atoms with E-state index in [-0.39, 0.29) is 11.6 Å². The zero-order valence-electron chi connectivity index (χ0n) is 23.0. The number of ether oxygens (including phenoxy) is 2. The summed E-state index contributed by atoms with van der Waals surface area (Å²) in [5.41, 5.74) is 4.98. The maximum Gasteiger partial charge on any atom is 0.333 e. The maximum atomic E-state index is 13.6. The van der Waals surface area contributed by atoms with Crippen molar-refractivity contribution in [1.82, 2.24) is 14.1 Å². The number of aldehydes is 1. The molecule has 3 heterocycles. The van der Waals surface area contributed by atoms with Crippen molar-refractivity contribution in [3.05, 3.63) is 113 Å². The van der Waals surface area contributed by atoms with Crippen LogP contribution in [0.5, 0.6) is 11.8 Å². The van der Waals surface area contributed by atoms with E-state index in [1.165, 1.54) is 0 Å². The van der Waals surface area contributed by atoms with E-state index in [0.29, 0.717) is 30.7 Å². The Labute approximate surface area is 238 Å². The first kappa shape index (κ1) is 26.4. The van der Waals surface area contributed by atoms with Crippen molar-refractivity contribution in [2.75, 3.05) is 18.0 Å². The van der Waals surface area contributed by atoms with E-state index in [0.717, 1.165) is 60.1 Å². The van der Waals surface area contributed by atoms with Gasteiger partial charge in [-0.3, -0.25) is 9.13 Å². The fourth-order valence-corrected chi connectivity index (χ4v) is 5.28. The van der Waals surface area contributed by atoms with Crippen molar-refractivity contribution >= 4 is 23.0 Å². The Morgan fingerprint density at radius 3 is 2.15 bits per heavy atom. The van der Waals surface area contributed by atoms with E-state index >= 15 is 0 Å². The first-order valence-corrected chi connectivity index (χ1v) is 13.9. The largest absolute Gasteiger partial charge is 0.473 e. The van der Waals surface area contributed by atoms with Gasteiger partial charge in [-0.2, -0.15) is 4.98 Å². The summed E-state index contributed by atoms with van der Waals surface area (Å²) in [5, 5.41) is 0. The number of carbonyl (C=O) groups excluding carboxylic acids is 1. The predicted octanol–water partition coefficient (Wildman–Crippen LogP) is 5.30. The van der Waals surface area contributed by atoms with Crippen molar-refractivity contribution in [3.63, 3.8) is 0 Å². The monoisotopic (exact) mass is 548 g/mol. The molecule has 1 aliphatic heterocycles. The van der Waals surface area contributed by atoms with Gasteiger partial charge < -0.3 is 19.2 Å². The lowest BCUT2D eigenvalue weighted by Gasteiger charge is -2.31. The van der Waals surface area contributed by atoms with E-state index in [9.17, 15) is 9.59 Å². The molecule has 2 aromatic heterocycles. The molecule has 0 aliphatic carbocycles. The zero-order valence-corrected chi connectivity index (χ0v) is 23.0. The number of fused-ring (bicyclic) bond motifs is 1. The number of hydrogen-bond donors (Lipinski definition) is 0. The fraction of sp³-hybridized carbons (Fsp3) is 0.242. The highest BCUT2D eigenvalue weighted by atomic mass is 16.5.